The number of hydrogen-bond donors (Lipinski definition) is 3. The number of hydrogen-bond acceptors (Lipinski definition) is 10. The molecule has 0 bridgehead atoms. The lowest BCUT2D eigenvalue weighted by atomic mass is 10.2. The zero-order chi connectivity index (χ0) is 27.0. The van der Waals surface area contributed by atoms with Crippen LogP contribution in [0.4, 0.5) is 23.5 Å². The van der Waals surface area contributed by atoms with Gasteiger partial charge in [-0.15, -0.1) is 0 Å². The summed E-state index contributed by atoms with van der Waals surface area (Å²) in [6.45, 7) is 3.11. The molecule has 0 spiro atoms. The first-order valence-corrected chi connectivity index (χ1v) is 12.4. The summed E-state index contributed by atoms with van der Waals surface area (Å²) < 4.78 is 16.6. The summed E-state index contributed by atoms with van der Waals surface area (Å²) in [6, 6.07) is 21.4. The van der Waals surface area contributed by atoms with Crippen LogP contribution >= 0.6 is 0 Å². The molecule has 11 heteroatoms. The highest BCUT2D eigenvalue weighted by Gasteiger charge is 2.17. The maximum absolute atomic E-state index is 11.1. The number of nitrogens with one attached hydrogen (secondary N) is 2. The van der Waals surface area contributed by atoms with Gasteiger partial charge in [-0.3, -0.25) is 0 Å². The molecule has 0 aliphatic carbocycles. The Kier molecular flexibility index (Phi) is 7.98. The maximum atomic E-state index is 11.1. The summed E-state index contributed by atoms with van der Waals surface area (Å²) in [5.41, 5.74) is 1.97. The molecule has 3 aromatic carbocycles. The molecule has 1 fully saturated rings. The van der Waals surface area contributed by atoms with E-state index in [1.165, 1.54) is 12.1 Å². The molecule has 0 radical (unpaired) electrons. The van der Waals surface area contributed by atoms with Gasteiger partial charge in [0.25, 0.3) is 0 Å². The summed E-state index contributed by atoms with van der Waals surface area (Å²) in [7, 11) is 1.64. The third kappa shape index (κ3) is 6.90. The summed E-state index contributed by atoms with van der Waals surface area (Å²) >= 11 is 0. The van der Waals surface area contributed by atoms with Crippen LogP contribution in [0.3, 0.4) is 0 Å². The smallest absolute Gasteiger partial charge is 0.335 e. The number of carboxylic acids is 1. The average molecular weight is 529 g/mol. The van der Waals surface area contributed by atoms with E-state index in [9.17, 15) is 4.79 Å². The second-order valence-electron chi connectivity index (χ2n) is 8.67. The van der Waals surface area contributed by atoms with Crippen LogP contribution in [0.15, 0.2) is 72.8 Å². The highest BCUT2D eigenvalue weighted by atomic mass is 16.5. The molecule has 0 atom stereocenters. The highest BCUT2D eigenvalue weighted by Crippen LogP contribution is 2.26. The largest absolute Gasteiger partial charge is 0.497 e. The molecule has 11 nitrogen and oxygen atoms in total. The fourth-order valence-electron chi connectivity index (χ4n) is 3.90. The van der Waals surface area contributed by atoms with Crippen LogP contribution in [0.1, 0.15) is 15.9 Å². The van der Waals surface area contributed by atoms with Gasteiger partial charge < -0.3 is 34.9 Å². The van der Waals surface area contributed by atoms with Crippen molar-refractivity contribution in [3.63, 3.8) is 0 Å². The van der Waals surface area contributed by atoms with Crippen molar-refractivity contribution < 1.29 is 24.1 Å². The molecule has 0 amide bonds. The number of aromatic carboxylic acids is 1. The van der Waals surface area contributed by atoms with Gasteiger partial charge in [0.05, 0.1) is 25.9 Å². The number of nitrogens with zero attached hydrogens (tertiary/aromatic N) is 4. The van der Waals surface area contributed by atoms with Crippen LogP contribution in [0.25, 0.3) is 0 Å². The summed E-state index contributed by atoms with van der Waals surface area (Å²) in [5.74, 6) is 2.28. The fraction of sp³-hybridized carbons (Fsp3) is 0.214. The molecule has 39 heavy (non-hydrogen) atoms. The van der Waals surface area contributed by atoms with E-state index in [1.807, 2.05) is 48.5 Å². The van der Waals surface area contributed by atoms with Gasteiger partial charge in [0.2, 0.25) is 17.8 Å². The molecule has 0 saturated carbocycles. The first-order chi connectivity index (χ1) is 19.1. The molecule has 200 valence electrons. The van der Waals surface area contributed by atoms with Crippen molar-refractivity contribution in [3.8, 4) is 17.2 Å². The number of ether oxygens (including phenoxy) is 3. The number of aromatic nitrogens is 3. The molecule has 0 unspecified atom stereocenters. The third-order valence-electron chi connectivity index (χ3n) is 5.95. The Balaban J connectivity index is 1.33. The van der Waals surface area contributed by atoms with Crippen LogP contribution in [-0.2, 0) is 11.3 Å². The number of carbonyl (C=O) groups is 1. The Bertz CT molecular complexity index is 1410. The quantitative estimate of drug-likeness (QED) is 0.268. The number of morpholine rings is 1. The van der Waals surface area contributed by atoms with Gasteiger partial charge in [-0.25, -0.2) is 4.79 Å². The molecular formula is C28H28N6O5. The second kappa shape index (κ2) is 12.1. The summed E-state index contributed by atoms with van der Waals surface area (Å²) in [6.07, 6.45) is 0. The second-order valence-corrected chi connectivity index (χ2v) is 8.67. The van der Waals surface area contributed by atoms with Crippen molar-refractivity contribution in [1.29, 1.82) is 0 Å². The first kappa shape index (κ1) is 25.7. The molecule has 4 aromatic rings. The SMILES string of the molecule is COc1ccc(CNc2nc(Nc3cccc(Oc4ccc(C(=O)O)cc4)c3)nc(N3CCOCC3)n2)cc1. The Morgan fingerprint density at radius 2 is 1.64 bits per heavy atom. The lowest BCUT2D eigenvalue weighted by molar-refractivity contribution is 0.0697. The zero-order valence-electron chi connectivity index (χ0n) is 21.3. The van der Waals surface area contributed by atoms with Crippen LogP contribution in [-0.4, -0.2) is 59.4 Å². The van der Waals surface area contributed by atoms with Gasteiger partial charge >= 0.3 is 5.97 Å². The van der Waals surface area contributed by atoms with Gasteiger partial charge in [-0.1, -0.05) is 18.2 Å². The van der Waals surface area contributed by atoms with Crippen LogP contribution in [0.5, 0.6) is 17.2 Å². The van der Waals surface area contributed by atoms with Gasteiger partial charge in [-0.2, -0.15) is 15.0 Å². The Hall–Kier alpha value is -4.90. The minimum Gasteiger partial charge on any atom is -0.497 e. The average Bonchev–Trinajstić information content (AvgIpc) is 2.97. The minimum absolute atomic E-state index is 0.195. The predicted molar refractivity (Wildman–Crippen MR) is 146 cm³/mol. The van der Waals surface area contributed by atoms with E-state index in [4.69, 9.17) is 19.3 Å². The third-order valence-corrected chi connectivity index (χ3v) is 5.95. The van der Waals surface area contributed by atoms with E-state index in [1.54, 1.807) is 19.2 Å². The number of anilines is 4. The van der Waals surface area contributed by atoms with E-state index >= 15 is 0 Å². The van der Waals surface area contributed by atoms with Crippen molar-refractivity contribution in [3.05, 3.63) is 83.9 Å². The maximum Gasteiger partial charge on any atom is 0.335 e. The van der Waals surface area contributed by atoms with Crippen molar-refractivity contribution in [2.45, 2.75) is 6.54 Å². The topological polar surface area (TPSA) is 131 Å². The molecular weight excluding hydrogens is 500 g/mol. The Morgan fingerprint density at radius 3 is 2.36 bits per heavy atom. The van der Waals surface area contributed by atoms with Crippen molar-refractivity contribution >= 4 is 29.5 Å². The first-order valence-electron chi connectivity index (χ1n) is 12.4. The molecule has 1 aliphatic heterocycles. The fourth-order valence-corrected chi connectivity index (χ4v) is 3.90. The molecule has 1 aromatic heterocycles. The lowest BCUT2D eigenvalue weighted by Crippen LogP contribution is -2.37. The van der Waals surface area contributed by atoms with Gasteiger partial charge in [0.1, 0.15) is 17.2 Å². The molecule has 1 saturated heterocycles. The van der Waals surface area contributed by atoms with Crippen molar-refractivity contribution in [2.75, 3.05) is 48.9 Å². The van der Waals surface area contributed by atoms with Gasteiger partial charge in [0.15, 0.2) is 0 Å². The summed E-state index contributed by atoms with van der Waals surface area (Å²) in [5, 5.41) is 15.6. The standard InChI is InChI=1S/C28H28N6O5/c1-37-22-9-5-19(6-10-22)18-29-26-31-27(33-28(32-26)34-13-15-38-16-14-34)30-21-3-2-4-24(17-21)39-23-11-7-20(8-12-23)25(35)36/h2-12,17H,13-16,18H2,1H3,(H,35,36)(H2,29,30,31,32,33). The van der Waals surface area contributed by atoms with E-state index in [0.29, 0.717) is 62.2 Å². The van der Waals surface area contributed by atoms with Crippen molar-refractivity contribution in [2.24, 2.45) is 0 Å². The van der Waals surface area contributed by atoms with E-state index in [2.05, 4.69) is 30.5 Å². The lowest BCUT2D eigenvalue weighted by Gasteiger charge is -2.27. The number of carboxylic acid groups (broad SMARTS) is 1. The zero-order valence-corrected chi connectivity index (χ0v) is 21.3. The van der Waals surface area contributed by atoms with E-state index in [0.717, 1.165) is 17.0 Å². The van der Waals surface area contributed by atoms with Crippen LogP contribution in [0.2, 0.25) is 0 Å². The van der Waals surface area contributed by atoms with Crippen LogP contribution < -0.4 is 25.0 Å². The Morgan fingerprint density at radius 1 is 0.923 bits per heavy atom. The summed E-state index contributed by atoms with van der Waals surface area (Å²) in [4.78, 5) is 27.0. The molecule has 2 heterocycles. The van der Waals surface area contributed by atoms with Gasteiger partial charge in [-0.05, 0) is 54.1 Å². The molecule has 1 aliphatic rings. The van der Waals surface area contributed by atoms with Crippen molar-refractivity contribution in [1.82, 2.24) is 15.0 Å². The number of rotatable bonds is 10. The minimum atomic E-state index is -0.987. The van der Waals surface area contributed by atoms with Gasteiger partial charge in [0, 0.05) is 31.4 Å². The van der Waals surface area contributed by atoms with E-state index in [-0.39, 0.29) is 5.56 Å². The monoisotopic (exact) mass is 528 g/mol. The van der Waals surface area contributed by atoms with Crippen LogP contribution in [0, 0.1) is 0 Å². The molecule has 3 N–H and O–H groups in total. The number of methoxy groups -OCH3 is 1. The Labute approximate surface area is 225 Å². The number of benzene rings is 3. The molecule has 5 rings (SSSR count). The predicted octanol–water partition coefficient (Wildman–Crippen LogP) is 4.56. The highest BCUT2D eigenvalue weighted by molar-refractivity contribution is 5.87. The normalized spacial score (nSPS) is 13.0. The van der Waals surface area contributed by atoms with E-state index < -0.39 is 5.97 Å².